The lowest BCUT2D eigenvalue weighted by molar-refractivity contribution is -0.134. The number of amides is 1. The molecule has 0 spiro atoms. The predicted octanol–water partition coefficient (Wildman–Crippen LogP) is 1.71. The third-order valence-electron chi connectivity index (χ3n) is 4.50. The second kappa shape index (κ2) is 10.5. The van der Waals surface area contributed by atoms with Crippen LogP contribution in [0.5, 0.6) is 5.75 Å². The Morgan fingerprint density at radius 3 is 1.97 bits per heavy atom. The van der Waals surface area contributed by atoms with Gasteiger partial charge < -0.3 is 19.8 Å². The van der Waals surface area contributed by atoms with Crippen molar-refractivity contribution in [3.05, 3.63) is 54.1 Å². The summed E-state index contributed by atoms with van der Waals surface area (Å²) in [6.07, 6.45) is 0.0883. The minimum absolute atomic E-state index is 0.0553. The van der Waals surface area contributed by atoms with E-state index in [1.807, 2.05) is 12.1 Å². The van der Waals surface area contributed by atoms with Crippen molar-refractivity contribution >= 4 is 17.5 Å². The van der Waals surface area contributed by atoms with E-state index < -0.39 is 30.1 Å². The molecule has 0 aromatic heterocycles. The first-order valence-corrected chi connectivity index (χ1v) is 9.30. The van der Waals surface area contributed by atoms with Gasteiger partial charge in [-0.15, -0.1) is 0 Å². The number of Topliss-reactive ketones (excluding diaryl/α,β-unsaturated/α-hetero) is 2. The number of likely N-dealkylation sites (N-methyl/N-ethyl adjacent to an activating group) is 1. The Morgan fingerprint density at radius 1 is 0.931 bits per heavy atom. The lowest BCUT2D eigenvalue weighted by Gasteiger charge is -2.25. The van der Waals surface area contributed by atoms with Gasteiger partial charge in [-0.3, -0.25) is 14.4 Å². The van der Waals surface area contributed by atoms with Gasteiger partial charge in [0.1, 0.15) is 19.0 Å². The number of hydrogen-bond donors (Lipinski definition) is 2. The number of carbonyl (C=O) groups is 3. The first kappa shape index (κ1) is 22.3. The lowest BCUT2D eigenvalue weighted by atomic mass is 10.0. The van der Waals surface area contributed by atoms with Gasteiger partial charge in [0.2, 0.25) is 0 Å². The largest absolute Gasteiger partial charge is 0.491 e. The summed E-state index contributed by atoms with van der Waals surface area (Å²) in [6, 6.07) is 12.8. The summed E-state index contributed by atoms with van der Waals surface area (Å²) in [4.78, 5) is 37.8. The molecule has 1 amide bonds. The summed E-state index contributed by atoms with van der Waals surface area (Å²) in [7, 11) is 1.38. The fourth-order valence-electron chi connectivity index (χ4n) is 2.92. The average molecular weight is 399 g/mol. The maximum absolute atomic E-state index is 12.7. The number of carbonyl (C=O) groups excluding carboxylic acids is 3. The van der Waals surface area contributed by atoms with Crippen LogP contribution in [0, 0.1) is 0 Å². The number of ketones is 2. The molecule has 0 heterocycles. The minimum atomic E-state index is -1.29. The number of rotatable bonds is 10. The molecule has 0 aliphatic heterocycles. The van der Waals surface area contributed by atoms with Crippen LogP contribution in [0.1, 0.15) is 23.7 Å². The van der Waals surface area contributed by atoms with E-state index in [4.69, 9.17) is 14.9 Å². The van der Waals surface area contributed by atoms with Crippen LogP contribution in [0.4, 0.5) is 0 Å². The fraction of sp³-hybridized carbons (Fsp3) is 0.318. The van der Waals surface area contributed by atoms with E-state index in [1.165, 1.54) is 7.05 Å². The van der Waals surface area contributed by atoms with Crippen molar-refractivity contribution in [1.29, 1.82) is 0 Å². The summed E-state index contributed by atoms with van der Waals surface area (Å²) in [5.74, 6) is -0.942. The smallest absolute Gasteiger partial charge is 0.254 e. The Labute approximate surface area is 169 Å². The first-order chi connectivity index (χ1) is 13.9. The average Bonchev–Trinajstić information content (AvgIpc) is 2.77. The molecule has 1 atom stereocenters. The first-order valence-electron chi connectivity index (χ1n) is 9.30. The highest BCUT2D eigenvalue weighted by Gasteiger charge is 2.32. The summed E-state index contributed by atoms with van der Waals surface area (Å²) in [5.41, 5.74) is 2.13. The number of aliphatic hydroxyl groups excluding tert-OH is 2. The molecule has 2 aromatic rings. The molecule has 154 valence electrons. The van der Waals surface area contributed by atoms with E-state index >= 15 is 0 Å². The molecule has 2 aromatic carbocycles. The molecule has 7 nitrogen and oxygen atoms in total. The molecule has 29 heavy (non-hydrogen) atoms. The molecule has 0 aliphatic carbocycles. The number of ether oxygens (including phenoxy) is 1. The predicted molar refractivity (Wildman–Crippen MR) is 108 cm³/mol. The maximum Gasteiger partial charge on any atom is 0.254 e. The SMILES string of the molecule is CCC(=O)C(C(=O)CO)N(C)C(=O)c1ccc(-c2ccc(OCCO)cc2)cc1. The van der Waals surface area contributed by atoms with Crippen LogP contribution in [0.15, 0.2) is 48.5 Å². The van der Waals surface area contributed by atoms with Gasteiger partial charge in [0, 0.05) is 19.0 Å². The van der Waals surface area contributed by atoms with Gasteiger partial charge >= 0.3 is 0 Å². The Balaban J connectivity index is 2.17. The van der Waals surface area contributed by atoms with Crippen molar-refractivity contribution in [2.45, 2.75) is 19.4 Å². The molecule has 0 saturated carbocycles. The molecule has 1 unspecified atom stereocenters. The zero-order valence-corrected chi connectivity index (χ0v) is 16.5. The molecule has 0 bridgehead atoms. The van der Waals surface area contributed by atoms with Crippen LogP contribution in [0.2, 0.25) is 0 Å². The van der Waals surface area contributed by atoms with Crippen molar-refractivity contribution in [2.75, 3.05) is 26.9 Å². The van der Waals surface area contributed by atoms with Crippen LogP contribution >= 0.6 is 0 Å². The number of hydrogen-bond acceptors (Lipinski definition) is 6. The van der Waals surface area contributed by atoms with Crippen molar-refractivity contribution in [3.8, 4) is 16.9 Å². The second-order valence-electron chi connectivity index (χ2n) is 6.44. The highest BCUT2D eigenvalue weighted by molar-refractivity contribution is 6.10. The zero-order valence-electron chi connectivity index (χ0n) is 16.5. The molecule has 2 N–H and O–H groups in total. The van der Waals surface area contributed by atoms with E-state index in [1.54, 1.807) is 43.3 Å². The number of aliphatic hydroxyl groups is 2. The Morgan fingerprint density at radius 2 is 1.48 bits per heavy atom. The van der Waals surface area contributed by atoms with E-state index in [9.17, 15) is 14.4 Å². The molecule has 7 heteroatoms. The normalized spacial score (nSPS) is 11.6. The summed E-state index contributed by atoms with van der Waals surface area (Å²) in [6.45, 7) is 0.975. The number of nitrogens with zero attached hydrogens (tertiary/aromatic N) is 1. The van der Waals surface area contributed by atoms with Gasteiger partial charge in [0.15, 0.2) is 17.6 Å². The van der Waals surface area contributed by atoms with Crippen molar-refractivity contribution < 1.29 is 29.3 Å². The van der Waals surface area contributed by atoms with Crippen LogP contribution < -0.4 is 4.74 Å². The zero-order chi connectivity index (χ0) is 21.4. The third-order valence-corrected chi connectivity index (χ3v) is 4.50. The summed E-state index contributed by atoms with van der Waals surface area (Å²) in [5, 5.41) is 17.9. The molecule has 0 radical (unpaired) electrons. The van der Waals surface area contributed by atoms with E-state index in [2.05, 4.69) is 0 Å². The highest BCUT2D eigenvalue weighted by Crippen LogP contribution is 2.23. The topological polar surface area (TPSA) is 104 Å². The Kier molecular flexibility index (Phi) is 8.06. The fourth-order valence-corrected chi connectivity index (χ4v) is 2.92. The van der Waals surface area contributed by atoms with E-state index in [-0.39, 0.29) is 19.6 Å². The minimum Gasteiger partial charge on any atom is -0.491 e. The quantitative estimate of drug-likeness (QED) is 0.590. The molecule has 0 fully saturated rings. The van der Waals surface area contributed by atoms with Gasteiger partial charge in [-0.1, -0.05) is 31.2 Å². The van der Waals surface area contributed by atoms with Crippen LogP contribution in [0.25, 0.3) is 11.1 Å². The van der Waals surface area contributed by atoms with Crippen LogP contribution in [0.3, 0.4) is 0 Å². The summed E-state index contributed by atoms with van der Waals surface area (Å²) < 4.78 is 5.33. The molecule has 0 aliphatic rings. The molecule has 2 rings (SSSR count). The molecular formula is C22H25NO6. The van der Waals surface area contributed by atoms with E-state index in [0.29, 0.717) is 11.3 Å². The van der Waals surface area contributed by atoms with Crippen molar-refractivity contribution in [2.24, 2.45) is 0 Å². The molecule has 0 saturated heterocycles. The van der Waals surface area contributed by atoms with Crippen LogP contribution in [-0.2, 0) is 9.59 Å². The maximum atomic E-state index is 12.7. The Bertz CT molecular complexity index is 829. The van der Waals surface area contributed by atoms with Crippen molar-refractivity contribution in [1.82, 2.24) is 4.90 Å². The standard InChI is InChI=1S/C22H25NO6/c1-3-19(26)21(20(27)14-25)23(2)22(28)17-6-4-15(5-7-17)16-8-10-18(11-9-16)29-13-12-24/h4-11,21,24-25H,3,12-14H2,1-2H3. The third kappa shape index (κ3) is 5.49. The lowest BCUT2D eigenvalue weighted by Crippen LogP contribution is -2.48. The van der Waals surface area contributed by atoms with E-state index in [0.717, 1.165) is 16.0 Å². The monoisotopic (exact) mass is 399 g/mol. The highest BCUT2D eigenvalue weighted by atomic mass is 16.5. The summed E-state index contributed by atoms with van der Waals surface area (Å²) >= 11 is 0. The van der Waals surface area contributed by atoms with Crippen LogP contribution in [-0.4, -0.2) is 65.5 Å². The number of benzene rings is 2. The van der Waals surface area contributed by atoms with Gasteiger partial charge in [0.25, 0.3) is 5.91 Å². The second-order valence-corrected chi connectivity index (χ2v) is 6.44. The Hall–Kier alpha value is -3.03. The van der Waals surface area contributed by atoms with Gasteiger partial charge in [-0.05, 0) is 35.4 Å². The van der Waals surface area contributed by atoms with Gasteiger partial charge in [-0.25, -0.2) is 0 Å². The van der Waals surface area contributed by atoms with Crippen molar-refractivity contribution in [3.63, 3.8) is 0 Å². The van der Waals surface area contributed by atoms with Gasteiger partial charge in [-0.2, -0.15) is 0 Å². The molecular weight excluding hydrogens is 374 g/mol. The van der Waals surface area contributed by atoms with Gasteiger partial charge in [0.05, 0.1) is 6.61 Å².